The van der Waals surface area contributed by atoms with Crippen LogP contribution in [0, 0.1) is 0 Å². The molecule has 0 bridgehead atoms. The van der Waals surface area contributed by atoms with E-state index in [1.54, 1.807) is 0 Å². The second-order valence-corrected chi connectivity index (χ2v) is 11.7. The molecule has 0 unspecified atom stereocenters. The van der Waals surface area contributed by atoms with E-state index < -0.39 is 0 Å². The van der Waals surface area contributed by atoms with E-state index in [4.69, 9.17) is 4.42 Å². The summed E-state index contributed by atoms with van der Waals surface area (Å²) < 4.78 is 6.32. The van der Waals surface area contributed by atoms with Gasteiger partial charge < -0.3 is 9.32 Å². The van der Waals surface area contributed by atoms with E-state index in [2.05, 4.69) is 175 Å². The zero-order valence-corrected chi connectivity index (χ0v) is 25.1. The predicted octanol–water partition coefficient (Wildman–Crippen LogP) is 12.7. The Labute approximate surface area is 267 Å². The summed E-state index contributed by atoms with van der Waals surface area (Å²) in [5.41, 5.74) is 9.94. The monoisotopic (exact) mass is 587 g/mol. The number of rotatable bonds is 5. The van der Waals surface area contributed by atoms with Crippen LogP contribution in [0.25, 0.3) is 65.7 Å². The van der Waals surface area contributed by atoms with Crippen LogP contribution in [0.3, 0.4) is 0 Å². The van der Waals surface area contributed by atoms with Crippen molar-refractivity contribution in [2.45, 2.75) is 0 Å². The Hall–Kier alpha value is -6.12. The Morgan fingerprint density at radius 2 is 0.978 bits per heavy atom. The lowest BCUT2D eigenvalue weighted by Gasteiger charge is -2.28. The quantitative estimate of drug-likeness (QED) is 0.186. The highest BCUT2D eigenvalue weighted by molar-refractivity contribution is 6.27. The molecule has 0 spiro atoms. The Balaban J connectivity index is 1.30. The average molecular weight is 588 g/mol. The van der Waals surface area contributed by atoms with Crippen molar-refractivity contribution < 1.29 is 4.42 Å². The second kappa shape index (κ2) is 10.8. The molecule has 0 aliphatic rings. The van der Waals surface area contributed by atoms with Crippen LogP contribution in [-0.2, 0) is 0 Å². The van der Waals surface area contributed by atoms with Gasteiger partial charge in [-0.1, -0.05) is 133 Å². The molecular weight excluding hydrogens is 558 g/mol. The van der Waals surface area contributed by atoms with Crippen LogP contribution in [0.4, 0.5) is 17.1 Å². The molecular formula is C44H29NO. The minimum atomic E-state index is 0.913. The fourth-order valence-electron chi connectivity index (χ4n) is 6.89. The summed E-state index contributed by atoms with van der Waals surface area (Å²) in [4.78, 5) is 2.39. The van der Waals surface area contributed by atoms with Gasteiger partial charge in [-0.25, -0.2) is 0 Å². The summed E-state index contributed by atoms with van der Waals surface area (Å²) in [6.45, 7) is 0. The smallest absolute Gasteiger partial charge is 0.136 e. The van der Waals surface area contributed by atoms with Crippen LogP contribution in [0.5, 0.6) is 0 Å². The SMILES string of the molecule is c1ccc(-c2ccc(N(c3cccc(-c4ccccc4)c3)c3cccc4c3ccc3ccc5oc6ccccc6c5c34)cc2)cc1. The molecule has 0 aliphatic carbocycles. The van der Waals surface area contributed by atoms with Crippen LogP contribution < -0.4 is 4.90 Å². The fourth-order valence-corrected chi connectivity index (χ4v) is 6.89. The molecule has 216 valence electrons. The van der Waals surface area contributed by atoms with Crippen molar-refractivity contribution >= 4 is 60.5 Å². The summed E-state index contributed by atoms with van der Waals surface area (Å²) >= 11 is 0. The first-order chi connectivity index (χ1) is 22.8. The summed E-state index contributed by atoms with van der Waals surface area (Å²) in [6, 6.07) is 62.7. The number of para-hydroxylation sites is 1. The summed E-state index contributed by atoms with van der Waals surface area (Å²) in [7, 11) is 0. The van der Waals surface area contributed by atoms with E-state index in [1.165, 1.54) is 49.2 Å². The van der Waals surface area contributed by atoms with Gasteiger partial charge in [-0.3, -0.25) is 0 Å². The van der Waals surface area contributed by atoms with Gasteiger partial charge in [0.05, 0.1) is 5.69 Å². The third-order valence-corrected chi connectivity index (χ3v) is 9.04. The van der Waals surface area contributed by atoms with Crippen LogP contribution >= 0.6 is 0 Å². The lowest BCUT2D eigenvalue weighted by atomic mass is 9.96. The van der Waals surface area contributed by atoms with Crippen LogP contribution in [0.2, 0.25) is 0 Å². The average Bonchev–Trinajstić information content (AvgIpc) is 3.52. The lowest BCUT2D eigenvalue weighted by Crippen LogP contribution is -2.10. The number of hydrogen-bond donors (Lipinski definition) is 0. The van der Waals surface area contributed by atoms with E-state index >= 15 is 0 Å². The lowest BCUT2D eigenvalue weighted by molar-refractivity contribution is 0.669. The van der Waals surface area contributed by atoms with E-state index in [0.29, 0.717) is 0 Å². The van der Waals surface area contributed by atoms with Crippen molar-refractivity contribution in [2.75, 3.05) is 4.90 Å². The first-order valence-corrected chi connectivity index (χ1v) is 15.7. The molecule has 0 fully saturated rings. The first-order valence-electron chi connectivity index (χ1n) is 15.7. The summed E-state index contributed by atoms with van der Waals surface area (Å²) in [5, 5.41) is 7.13. The highest BCUT2D eigenvalue weighted by Gasteiger charge is 2.19. The molecule has 2 heteroatoms. The molecule has 0 atom stereocenters. The molecule has 0 saturated heterocycles. The molecule has 46 heavy (non-hydrogen) atoms. The molecule has 9 rings (SSSR count). The number of benzene rings is 8. The number of nitrogens with zero attached hydrogens (tertiary/aromatic N) is 1. The van der Waals surface area contributed by atoms with E-state index in [1.807, 2.05) is 6.07 Å². The standard InChI is InChI=1S/C44H29NO/c1-3-11-30(12-4-1)32-21-25-35(26-22-32)45(36-16-9-15-34(29-36)31-13-5-2-6-14-31)40-19-10-18-38-37(40)27-23-33-24-28-42-44(43(33)38)39-17-7-8-20-41(39)46-42/h1-29H. The minimum absolute atomic E-state index is 0.913. The maximum atomic E-state index is 6.32. The van der Waals surface area contributed by atoms with Gasteiger partial charge in [0.2, 0.25) is 0 Å². The van der Waals surface area contributed by atoms with Crippen molar-refractivity contribution in [1.29, 1.82) is 0 Å². The van der Waals surface area contributed by atoms with Crippen LogP contribution in [0.15, 0.2) is 180 Å². The molecule has 1 aromatic heterocycles. The van der Waals surface area contributed by atoms with E-state index in [9.17, 15) is 0 Å². The predicted molar refractivity (Wildman–Crippen MR) is 194 cm³/mol. The molecule has 0 N–H and O–H groups in total. The molecule has 1 heterocycles. The Morgan fingerprint density at radius 3 is 1.78 bits per heavy atom. The van der Waals surface area contributed by atoms with Gasteiger partial charge in [0.15, 0.2) is 0 Å². The molecule has 0 amide bonds. The largest absolute Gasteiger partial charge is 0.456 e. The number of fused-ring (bicyclic) bond motifs is 7. The van der Waals surface area contributed by atoms with Crippen LogP contribution in [0.1, 0.15) is 0 Å². The van der Waals surface area contributed by atoms with Gasteiger partial charge >= 0.3 is 0 Å². The van der Waals surface area contributed by atoms with Crippen molar-refractivity contribution in [3.8, 4) is 22.3 Å². The maximum Gasteiger partial charge on any atom is 0.136 e. The highest BCUT2D eigenvalue weighted by Crippen LogP contribution is 2.44. The third kappa shape index (κ3) is 4.35. The van der Waals surface area contributed by atoms with Gasteiger partial charge in [0.1, 0.15) is 11.2 Å². The summed E-state index contributed by atoms with van der Waals surface area (Å²) in [6.07, 6.45) is 0. The fraction of sp³-hybridized carbons (Fsp3) is 0. The normalized spacial score (nSPS) is 11.5. The zero-order valence-electron chi connectivity index (χ0n) is 25.1. The first kappa shape index (κ1) is 26.3. The van der Waals surface area contributed by atoms with E-state index in [-0.39, 0.29) is 0 Å². The van der Waals surface area contributed by atoms with Gasteiger partial charge in [-0.2, -0.15) is 0 Å². The maximum absolute atomic E-state index is 6.32. The molecule has 0 saturated carbocycles. The van der Waals surface area contributed by atoms with Crippen molar-refractivity contribution in [3.05, 3.63) is 176 Å². The Morgan fingerprint density at radius 1 is 0.348 bits per heavy atom. The van der Waals surface area contributed by atoms with Crippen LogP contribution in [-0.4, -0.2) is 0 Å². The van der Waals surface area contributed by atoms with Gasteiger partial charge in [-0.15, -0.1) is 0 Å². The molecule has 2 nitrogen and oxygen atoms in total. The van der Waals surface area contributed by atoms with E-state index in [0.717, 1.165) is 33.6 Å². The number of anilines is 3. The Bertz CT molecular complexity index is 2510. The second-order valence-electron chi connectivity index (χ2n) is 11.7. The Kier molecular flexibility index (Phi) is 6.17. The summed E-state index contributed by atoms with van der Waals surface area (Å²) in [5.74, 6) is 0. The van der Waals surface area contributed by atoms with Gasteiger partial charge in [0.25, 0.3) is 0 Å². The molecule has 0 radical (unpaired) electrons. The third-order valence-electron chi connectivity index (χ3n) is 9.04. The zero-order chi connectivity index (χ0) is 30.5. The van der Waals surface area contributed by atoms with Crippen molar-refractivity contribution in [2.24, 2.45) is 0 Å². The van der Waals surface area contributed by atoms with Gasteiger partial charge in [-0.05, 0) is 75.5 Å². The number of hydrogen-bond acceptors (Lipinski definition) is 2. The molecule has 8 aromatic carbocycles. The highest BCUT2D eigenvalue weighted by atomic mass is 16.3. The number of furan rings is 1. The molecule has 0 aliphatic heterocycles. The minimum Gasteiger partial charge on any atom is -0.456 e. The van der Waals surface area contributed by atoms with Crippen molar-refractivity contribution in [1.82, 2.24) is 0 Å². The van der Waals surface area contributed by atoms with Gasteiger partial charge in [0, 0.05) is 32.9 Å². The van der Waals surface area contributed by atoms with Crippen molar-refractivity contribution in [3.63, 3.8) is 0 Å². The topological polar surface area (TPSA) is 16.4 Å². The molecule has 9 aromatic rings.